The SMILES string of the molecule is O=C(CCc1ncc(-c2c(F)cccc2F)o1)Nc1ccc(F)cc1. The monoisotopic (exact) mass is 346 g/mol. The molecule has 0 aliphatic carbocycles. The van der Waals surface area contributed by atoms with Gasteiger partial charge >= 0.3 is 0 Å². The summed E-state index contributed by atoms with van der Waals surface area (Å²) < 4.78 is 45.6. The number of nitrogens with one attached hydrogen (secondary N) is 1. The molecule has 128 valence electrons. The first-order chi connectivity index (χ1) is 12.0. The lowest BCUT2D eigenvalue weighted by Crippen LogP contribution is -2.12. The van der Waals surface area contributed by atoms with Gasteiger partial charge in [-0.05, 0) is 36.4 Å². The Morgan fingerprint density at radius 2 is 1.72 bits per heavy atom. The van der Waals surface area contributed by atoms with Gasteiger partial charge in [0, 0.05) is 18.5 Å². The lowest BCUT2D eigenvalue weighted by molar-refractivity contribution is -0.116. The minimum Gasteiger partial charge on any atom is -0.441 e. The van der Waals surface area contributed by atoms with E-state index in [9.17, 15) is 18.0 Å². The van der Waals surface area contributed by atoms with Crippen LogP contribution in [0, 0.1) is 17.5 Å². The van der Waals surface area contributed by atoms with Crippen LogP contribution in [-0.2, 0) is 11.2 Å². The quantitative estimate of drug-likeness (QED) is 0.748. The molecule has 3 rings (SSSR count). The minimum atomic E-state index is -0.753. The van der Waals surface area contributed by atoms with Crippen molar-refractivity contribution >= 4 is 11.6 Å². The maximum atomic E-state index is 13.7. The van der Waals surface area contributed by atoms with E-state index in [0.29, 0.717) is 5.69 Å². The molecular weight excluding hydrogens is 333 g/mol. The number of carbonyl (C=O) groups excluding carboxylic acids is 1. The highest BCUT2D eigenvalue weighted by atomic mass is 19.1. The molecule has 4 nitrogen and oxygen atoms in total. The van der Waals surface area contributed by atoms with Gasteiger partial charge in [0.25, 0.3) is 0 Å². The predicted molar refractivity (Wildman–Crippen MR) is 85.2 cm³/mol. The summed E-state index contributed by atoms with van der Waals surface area (Å²) in [4.78, 5) is 15.8. The van der Waals surface area contributed by atoms with Gasteiger partial charge in [-0.2, -0.15) is 0 Å². The molecule has 1 N–H and O–H groups in total. The van der Waals surface area contributed by atoms with Gasteiger partial charge in [-0.1, -0.05) is 6.07 Å². The topological polar surface area (TPSA) is 55.1 Å². The van der Waals surface area contributed by atoms with Crippen LogP contribution in [0.25, 0.3) is 11.3 Å². The lowest BCUT2D eigenvalue weighted by Gasteiger charge is -2.04. The van der Waals surface area contributed by atoms with Crippen LogP contribution in [0.5, 0.6) is 0 Å². The van der Waals surface area contributed by atoms with Gasteiger partial charge in [0.2, 0.25) is 5.91 Å². The summed E-state index contributed by atoms with van der Waals surface area (Å²) in [5, 5.41) is 2.60. The van der Waals surface area contributed by atoms with Crippen molar-refractivity contribution in [3.8, 4) is 11.3 Å². The summed E-state index contributed by atoms with van der Waals surface area (Å²) in [7, 11) is 0. The second-order valence-electron chi connectivity index (χ2n) is 5.27. The average Bonchev–Trinajstić information content (AvgIpc) is 3.04. The minimum absolute atomic E-state index is 0.0375. The Balaban J connectivity index is 1.62. The number of anilines is 1. The fourth-order valence-electron chi connectivity index (χ4n) is 2.25. The third kappa shape index (κ3) is 4.06. The van der Waals surface area contributed by atoms with Crippen molar-refractivity contribution in [2.75, 3.05) is 5.32 Å². The van der Waals surface area contributed by atoms with E-state index in [2.05, 4.69) is 10.3 Å². The van der Waals surface area contributed by atoms with Gasteiger partial charge in [-0.15, -0.1) is 0 Å². The molecule has 0 spiro atoms. The zero-order valence-electron chi connectivity index (χ0n) is 12.9. The van der Waals surface area contributed by atoms with E-state index in [1.165, 1.54) is 36.5 Å². The van der Waals surface area contributed by atoms with Crippen LogP contribution in [0.3, 0.4) is 0 Å². The first-order valence-electron chi connectivity index (χ1n) is 7.47. The summed E-state index contributed by atoms with van der Waals surface area (Å²) in [5.74, 6) is -2.07. The zero-order valence-corrected chi connectivity index (χ0v) is 12.9. The van der Waals surface area contributed by atoms with Gasteiger partial charge < -0.3 is 9.73 Å². The molecule has 3 aromatic rings. The van der Waals surface area contributed by atoms with Crippen LogP contribution in [0.15, 0.2) is 53.1 Å². The number of hydrogen-bond acceptors (Lipinski definition) is 3. The van der Waals surface area contributed by atoms with Crippen molar-refractivity contribution in [2.45, 2.75) is 12.8 Å². The first-order valence-corrected chi connectivity index (χ1v) is 7.47. The van der Waals surface area contributed by atoms with Gasteiger partial charge in [0.15, 0.2) is 11.7 Å². The van der Waals surface area contributed by atoms with Crippen molar-refractivity contribution < 1.29 is 22.4 Å². The third-order valence-corrected chi connectivity index (χ3v) is 3.46. The number of benzene rings is 2. The number of nitrogens with zero attached hydrogens (tertiary/aromatic N) is 1. The molecular formula is C18H13F3N2O2. The molecule has 0 bridgehead atoms. The van der Waals surface area contributed by atoms with Gasteiger partial charge in [-0.3, -0.25) is 4.79 Å². The van der Waals surface area contributed by atoms with Crippen molar-refractivity contribution in [1.29, 1.82) is 0 Å². The molecule has 1 amide bonds. The molecule has 25 heavy (non-hydrogen) atoms. The molecule has 0 saturated heterocycles. The zero-order chi connectivity index (χ0) is 17.8. The van der Waals surface area contributed by atoms with Gasteiger partial charge in [0.05, 0.1) is 11.8 Å². The number of aryl methyl sites for hydroxylation is 1. The number of aromatic nitrogens is 1. The summed E-state index contributed by atoms with van der Waals surface area (Å²) in [5.41, 5.74) is 0.171. The predicted octanol–water partition coefficient (Wildman–Crippen LogP) is 4.33. The first kappa shape index (κ1) is 16.8. The average molecular weight is 346 g/mol. The van der Waals surface area contributed by atoms with E-state index in [-0.39, 0.29) is 36.0 Å². The molecule has 0 aliphatic rings. The van der Waals surface area contributed by atoms with Crippen molar-refractivity contribution in [3.63, 3.8) is 0 Å². The van der Waals surface area contributed by atoms with E-state index in [0.717, 1.165) is 12.1 Å². The Morgan fingerprint density at radius 1 is 1.04 bits per heavy atom. The molecule has 0 fully saturated rings. The summed E-state index contributed by atoms with van der Waals surface area (Å²) >= 11 is 0. The molecule has 7 heteroatoms. The van der Waals surface area contributed by atoms with Crippen LogP contribution in [0.1, 0.15) is 12.3 Å². The molecule has 1 aromatic heterocycles. The summed E-state index contributed by atoms with van der Waals surface area (Å²) in [6.07, 6.45) is 1.43. The smallest absolute Gasteiger partial charge is 0.224 e. The van der Waals surface area contributed by atoms with Crippen molar-refractivity contribution in [3.05, 3.63) is 72.0 Å². The second kappa shape index (κ2) is 7.21. The van der Waals surface area contributed by atoms with E-state index >= 15 is 0 Å². The highest BCUT2D eigenvalue weighted by molar-refractivity contribution is 5.90. The van der Waals surface area contributed by atoms with E-state index in [1.54, 1.807) is 0 Å². The van der Waals surface area contributed by atoms with Crippen LogP contribution < -0.4 is 5.32 Å². The lowest BCUT2D eigenvalue weighted by atomic mass is 10.1. The maximum Gasteiger partial charge on any atom is 0.224 e. The fraction of sp³-hybridized carbons (Fsp3) is 0.111. The highest BCUT2D eigenvalue weighted by Crippen LogP contribution is 2.26. The number of carbonyl (C=O) groups is 1. The Bertz CT molecular complexity index is 871. The van der Waals surface area contributed by atoms with E-state index in [4.69, 9.17) is 4.42 Å². The van der Waals surface area contributed by atoms with Gasteiger partial charge in [0.1, 0.15) is 17.5 Å². The van der Waals surface area contributed by atoms with Crippen LogP contribution in [0.2, 0.25) is 0 Å². The van der Waals surface area contributed by atoms with Crippen LogP contribution in [-0.4, -0.2) is 10.9 Å². The molecule has 0 atom stereocenters. The summed E-state index contributed by atoms with van der Waals surface area (Å²) in [6, 6.07) is 8.85. The second-order valence-corrected chi connectivity index (χ2v) is 5.27. The van der Waals surface area contributed by atoms with E-state index < -0.39 is 17.5 Å². The normalized spacial score (nSPS) is 10.7. The molecule has 0 unspecified atom stereocenters. The highest BCUT2D eigenvalue weighted by Gasteiger charge is 2.16. The summed E-state index contributed by atoms with van der Waals surface area (Å²) in [6.45, 7) is 0. The molecule has 0 radical (unpaired) electrons. The van der Waals surface area contributed by atoms with Crippen LogP contribution in [0.4, 0.5) is 18.9 Å². The number of halogens is 3. The molecule has 2 aromatic carbocycles. The van der Waals surface area contributed by atoms with E-state index in [1.807, 2.05) is 0 Å². The van der Waals surface area contributed by atoms with Crippen molar-refractivity contribution in [1.82, 2.24) is 4.98 Å². The number of rotatable bonds is 5. The standard InChI is InChI=1S/C18H13F3N2O2/c19-11-4-6-12(7-5-11)23-16(24)8-9-17-22-10-15(25-17)18-13(20)2-1-3-14(18)21/h1-7,10H,8-9H2,(H,23,24). The third-order valence-electron chi connectivity index (χ3n) is 3.46. The Morgan fingerprint density at radius 3 is 2.40 bits per heavy atom. The number of oxazole rings is 1. The Labute approximate surface area is 141 Å². The number of amides is 1. The maximum absolute atomic E-state index is 13.7. The fourth-order valence-corrected chi connectivity index (χ4v) is 2.25. The molecule has 1 heterocycles. The van der Waals surface area contributed by atoms with Crippen LogP contribution >= 0.6 is 0 Å². The number of hydrogen-bond donors (Lipinski definition) is 1. The largest absolute Gasteiger partial charge is 0.441 e. The molecule has 0 aliphatic heterocycles. The Kier molecular flexibility index (Phi) is 4.83. The molecule has 0 saturated carbocycles. The van der Waals surface area contributed by atoms with Crippen molar-refractivity contribution in [2.24, 2.45) is 0 Å². The van der Waals surface area contributed by atoms with Gasteiger partial charge in [-0.25, -0.2) is 18.2 Å². The Hall–Kier alpha value is -3.09.